The van der Waals surface area contributed by atoms with Crippen molar-refractivity contribution < 1.29 is 19.3 Å². The molecule has 3 aromatic rings. The summed E-state index contributed by atoms with van der Waals surface area (Å²) in [5, 5.41) is 11.2. The Hall–Kier alpha value is -2.48. The summed E-state index contributed by atoms with van der Waals surface area (Å²) in [4.78, 5) is 4.44. The molecule has 0 radical (unpaired) electrons. The van der Waals surface area contributed by atoms with Gasteiger partial charge in [0.1, 0.15) is 0 Å². The number of imidazole rings is 1. The van der Waals surface area contributed by atoms with Gasteiger partial charge >= 0.3 is 0 Å². The molecule has 2 aromatic carbocycles. The molecule has 1 aromatic heterocycles. The maximum Gasteiger partial charge on any atom is 0.172 e. The van der Waals surface area contributed by atoms with Crippen LogP contribution >= 0.6 is 11.8 Å². The molecule has 3 rings (SSSR count). The molecular formula is C23H28N2O4S. The predicted octanol–water partition coefficient (Wildman–Crippen LogP) is 4.18. The van der Waals surface area contributed by atoms with Gasteiger partial charge in [0.2, 0.25) is 0 Å². The third kappa shape index (κ3) is 5.56. The molecule has 1 heterocycles. The van der Waals surface area contributed by atoms with Gasteiger partial charge in [-0.05, 0) is 43.2 Å². The number of aryl methyl sites for hydroxylation is 2. The van der Waals surface area contributed by atoms with E-state index in [0.29, 0.717) is 23.9 Å². The lowest BCUT2D eigenvalue weighted by atomic mass is 10.1. The minimum atomic E-state index is -0.598. The van der Waals surface area contributed by atoms with E-state index in [1.165, 1.54) is 22.9 Å². The normalized spacial score (nSPS) is 12.0. The Morgan fingerprint density at radius 3 is 2.60 bits per heavy atom. The number of ether oxygens (including phenoxy) is 3. The zero-order valence-corrected chi connectivity index (χ0v) is 18.6. The number of hydrogen-bond donors (Lipinski definition) is 1. The van der Waals surface area contributed by atoms with Crippen LogP contribution in [0.1, 0.15) is 16.7 Å². The van der Waals surface area contributed by atoms with Gasteiger partial charge in [0.05, 0.1) is 39.2 Å². The van der Waals surface area contributed by atoms with E-state index in [2.05, 4.69) is 41.6 Å². The maximum absolute atomic E-state index is 10.3. The second-order valence-electron chi connectivity index (χ2n) is 7.04. The summed E-state index contributed by atoms with van der Waals surface area (Å²) in [5.41, 5.74) is 4.47. The van der Waals surface area contributed by atoms with E-state index in [1.807, 2.05) is 24.4 Å². The summed E-state index contributed by atoms with van der Waals surface area (Å²) in [6.07, 6.45) is 3.13. The molecule has 1 unspecified atom stereocenters. The van der Waals surface area contributed by atoms with Crippen molar-refractivity contribution in [3.05, 3.63) is 65.5 Å². The molecular weight excluding hydrogens is 400 g/mol. The lowest BCUT2D eigenvalue weighted by Crippen LogP contribution is -2.18. The van der Waals surface area contributed by atoms with Gasteiger partial charge in [-0.25, -0.2) is 4.98 Å². The van der Waals surface area contributed by atoms with Crippen molar-refractivity contribution in [2.75, 3.05) is 26.6 Å². The van der Waals surface area contributed by atoms with Crippen molar-refractivity contribution in [2.45, 2.75) is 31.7 Å². The van der Waals surface area contributed by atoms with E-state index in [0.717, 1.165) is 16.4 Å². The number of thioether (sulfide) groups is 1. The third-order valence-electron chi connectivity index (χ3n) is 4.65. The van der Waals surface area contributed by atoms with E-state index < -0.39 is 6.10 Å². The molecule has 0 aliphatic carbocycles. The second-order valence-corrected chi connectivity index (χ2v) is 8.03. The van der Waals surface area contributed by atoms with Crippen molar-refractivity contribution >= 4 is 11.8 Å². The van der Waals surface area contributed by atoms with Gasteiger partial charge in [-0.1, -0.05) is 35.5 Å². The molecule has 0 aliphatic rings. The van der Waals surface area contributed by atoms with Crippen molar-refractivity contribution in [3.8, 4) is 17.2 Å². The Bertz CT molecular complexity index is 974. The number of aliphatic hydroxyl groups excluding tert-OH is 1. The lowest BCUT2D eigenvalue weighted by Gasteiger charge is -2.14. The number of rotatable bonds is 10. The monoisotopic (exact) mass is 428 g/mol. The predicted molar refractivity (Wildman–Crippen MR) is 119 cm³/mol. The highest BCUT2D eigenvalue weighted by molar-refractivity contribution is 7.99. The molecule has 0 bridgehead atoms. The Morgan fingerprint density at radius 1 is 1.07 bits per heavy atom. The molecule has 0 aliphatic heterocycles. The molecule has 30 heavy (non-hydrogen) atoms. The van der Waals surface area contributed by atoms with Crippen LogP contribution in [0.25, 0.3) is 5.69 Å². The molecule has 0 saturated carbocycles. The Balaban J connectivity index is 1.51. The van der Waals surface area contributed by atoms with Gasteiger partial charge in [0.25, 0.3) is 0 Å². The van der Waals surface area contributed by atoms with Crippen LogP contribution in [0.5, 0.6) is 11.5 Å². The van der Waals surface area contributed by atoms with E-state index in [9.17, 15) is 5.11 Å². The topological polar surface area (TPSA) is 65.7 Å². The van der Waals surface area contributed by atoms with Crippen LogP contribution in [0.15, 0.2) is 53.9 Å². The minimum Gasteiger partial charge on any atom is -0.493 e. The highest BCUT2D eigenvalue weighted by atomic mass is 32.2. The molecule has 6 nitrogen and oxygen atoms in total. The minimum absolute atomic E-state index is 0.242. The fraction of sp³-hybridized carbons (Fsp3) is 0.348. The third-order valence-corrected chi connectivity index (χ3v) is 5.76. The second kappa shape index (κ2) is 10.5. The fourth-order valence-electron chi connectivity index (χ4n) is 3.16. The zero-order chi connectivity index (χ0) is 21.5. The highest BCUT2D eigenvalue weighted by Gasteiger charge is 2.12. The summed E-state index contributed by atoms with van der Waals surface area (Å²) in [6, 6.07) is 12.0. The molecule has 7 heteroatoms. The van der Waals surface area contributed by atoms with Crippen LogP contribution < -0.4 is 9.47 Å². The van der Waals surface area contributed by atoms with E-state index in [-0.39, 0.29) is 6.61 Å². The average molecular weight is 429 g/mol. The molecule has 1 N–H and O–H groups in total. The Labute approximate surface area is 181 Å². The smallest absolute Gasteiger partial charge is 0.172 e. The van der Waals surface area contributed by atoms with Gasteiger partial charge in [0.15, 0.2) is 16.7 Å². The number of benzene rings is 2. The van der Waals surface area contributed by atoms with Crippen LogP contribution in [0.2, 0.25) is 0 Å². The number of aliphatic hydroxyl groups is 1. The quantitative estimate of drug-likeness (QED) is 0.489. The van der Waals surface area contributed by atoms with E-state index in [1.54, 1.807) is 20.4 Å². The Kier molecular flexibility index (Phi) is 7.79. The largest absolute Gasteiger partial charge is 0.493 e. The number of hydrogen-bond acceptors (Lipinski definition) is 6. The first-order valence-corrected chi connectivity index (χ1v) is 10.7. The van der Waals surface area contributed by atoms with Crippen molar-refractivity contribution in [3.63, 3.8) is 0 Å². The first-order valence-electron chi connectivity index (χ1n) is 9.72. The van der Waals surface area contributed by atoms with E-state index in [4.69, 9.17) is 14.2 Å². The summed E-state index contributed by atoms with van der Waals surface area (Å²) in [5.74, 6) is 1.83. The first-order chi connectivity index (χ1) is 14.5. The van der Waals surface area contributed by atoms with Crippen molar-refractivity contribution in [2.24, 2.45) is 0 Å². The van der Waals surface area contributed by atoms with Gasteiger partial charge < -0.3 is 19.3 Å². The zero-order valence-electron chi connectivity index (χ0n) is 17.8. The van der Waals surface area contributed by atoms with E-state index >= 15 is 0 Å². The molecule has 1 atom stereocenters. The molecule has 0 fully saturated rings. The average Bonchev–Trinajstić information content (AvgIpc) is 3.20. The van der Waals surface area contributed by atoms with Gasteiger partial charge in [0, 0.05) is 18.1 Å². The van der Waals surface area contributed by atoms with Crippen LogP contribution in [0, 0.1) is 13.8 Å². The van der Waals surface area contributed by atoms with Gasteiger partial charge in [-0.3, -0.25) is 4.57 Å². The van der Waals surface area contributed by atoms with Gasteiger partial charge in [-0.15, -0.1) is 0 Å². The number of methoxy groups -OCH3 is 2. The van der Waals surface area contributed by atoms with Gasteiger partial charge in [-0.2, -0.15) is 0 Å². The standard InChI is InChI=1S/C23H28N2O4S/c1-16-5-7-20(17(2)11-16)25-10-9-24-23(25)30-15-19(26)14-29-13-18-6-8-21(27-3)22(12-18)28-4/h5-12,19,26H,13-15H2,1-4H3. The van der Waals surface area contributed by atoms with Crippen molar-refractivity contribution in [1.29, 1.82) is 0 Å². The summed E-state index contributed by atoms with van der Waals surface area (Å²) in [7, 11) is 3.21. The maximum atomic E-state index is 10.3. The SMILES string of the molecule is COc1ccc(COCC(O)CSc2nccn2-c2ccc(C)cc2C)cc1OC. The molecule has 0 saturated heterocycles. The number of aromatic nitrogens is 2. The molecule has 0 spiro atoms. The van der Waals surface area contributed by atoms with Crippen LogP contribution in [0.3, 0.4) is 0 Å². The first kappa shape index (κ1) is 22.2. The Morgan fingerprint density at radius 2 is 1.87 bits per heavy atom. The van der Waals surface area contributed by atoms with Crippen LogP contribution in [0.4, 0.5) is 0 Å². The van der Waals surface area contributed by atoms with Crippen LogP contribution in [-0.2, 0) is 11.3 Å². The summed E-state index contributed by atoms with van der Waals surface area (Å²) < 4.78 is 18.3. The summed E-state index contributed by atoms with van der Waals surface area (Å²) in [6.45, 7) is 4.80. The van der Waals surface area contributed by atoms with Crippen LogP contribution in [-0.4, -0.2) is 47.3 Å². The molecule has 0 amide bonds. The lowest BCUT2D eigenvalue weighted by molar-refractivity contribution is 0.0397. The summed E-state index contributed by atoms with van der Waals surface area (Å²) >= 11 is 1.51. The molecule has 160 valence electrons. The van der Waals surface area contributed by atoms with Crippen molar-refractivity contribution in [1.82, 2.24) is 9.55 Å². The highest BCUT2D eigenvalue weighted by Crippen LogP contribution is 2.28. The fourth-order valence-corrected chi connectivity index (χ4v) is 4.03. The number of nitrogens with zero attached hydrogens (tertiary/aromatic N) is 2.